The summed E-state index contributed by atoms with van der Waals surface area (Å²) in [6, 6.07) is 14.0. The van der Waals surface area contributed by atoms with Crippen molar-refractivity contribution in [3.8, 4) is 0 Å². The van der Waals surface area contributed by atoms with E-state index in [2.05, 4.69) is 17.6 Å². The van der Waals surface area contributed by atoms with Gasteiger partial charge < -0.3 is 15.5 Å². The van der Waals surface area contributed by atoms with Gasteiger partial charge in [-0.25, -0.2) is 0 Å². The highest BCUT2D eigenvalue weighted by Gasteiger charge is 2.26. The fourth-order valence-electron chi connectivity index (χ4n) is 3.73. The lowest BCUT2D eigenvalue weighted by Crippen LogP contribution is -2.43. The molecule has 6 nitrogen and oxygen atoms in total. The van der Waals surface area contributed by atoms with Crippen LogP contribution in [-0.4, -0.2) is 35.2 Å². The van der Waals surface area contributed by atoms with Crippen molar-refractivity contribution in [1.29, 1.82) is 0 Å². The van der Waals surface area contributed by atoms with Crippen LogP contribution in [0.5, 0.6) is 0 Å². The van der Waals surface area contributed by atoms with E-state index >= 15 is 0 Å². The first-order valence-electron chi connectivity index (χ1n) is 10.1. The standard InChI is InChI=1S/C23H27N3O3/c1-3-21-12-4-5-13-26(21)23(29)18-9-6-8-17(14-18)22(28)25-20-11-7-10-19(15-20)24-16(2)27/h6-11,14-15,21H,3-5,12-13H2,1-2H3,(H,24,27)(H,25,28). The topological polar surface area (TPSA) is 78.5 Å². The molecule has 29 heavy (non-hydrogen) atoms. The lowest BCUT2D eigenvalue weighted by molar-refractivity contribution is -0.114. The summed E-state index contributed by atoms with van der Waals surface area (Å²) in [4.78, 5) is 38.9. The Labute approximate surface area is 171 Å². The number of hydrogen-bond acceptors (Lipinski definition) is 3. The molecule has 1 aliphatic heterocycles. The number of benzene rings is 2. The quantitative estimate of drug-likeness (QED) is 0.795. The zero-order chi connectivity index (χ0) is 20.8. The zero-order valence-electron chi connectivity index (χ0n) is 16.9. The SMILES string of the molecule is CCC1CCCCN1C(=O)c1cccc(C(=O)Nc2cccc(NC(C)=O)c2)c1. The Morgan fingerprint density at radius 1 is 0.966 bits per heavy atom. The second kappa shape index (κ2) is 9.37. The van der Waals surface area contributed by atoms with Crippen molar-refractivity contribution in [2.24, 2.45) is 0 Å². The lowest BCUT2D eigenvalue weighted by atomic mass is 9.98. The third-order valence-electron chi connectivity index (χ3n) is 5.17. The first-order chi connectivity index (χ1) is 14.0. The average Bonchev–Trinajstić information content (AvgIpc) is 2.73. The summed E-state index contributed by atoms with van der Waals surface area (Å²) >= 11 is 0. The number of likely N-dealkylation sites (tertiary alicyclic amines) is 1. The summed E-state index contributed by atoms with van der Waals surface area (Å²) in [7, 11) is 0. The summed E-state index contributed by atoms with van der Waals surface area (Å²) in [5, 5.41) is 5.51. The fourth-order valence-corrected chi connectivity index (χ4v) is 3.73. The molecule has 1 atom stereocenters. The van der Waals surface area contributed by atoms with Crippen molar-refractivity contribution in [3.05, 3.63) is 59.7 Å². The third-order valence-corrected chi connectivity index (χ3v) is 5.17. The number of nitrogens with one attached hydrogen (secondary N) is 2. The Kier molecular flexibility index (Phi) is 6.65. The van der Waals surface area contributed by atoms with E-state index in [-0.39, 0.29) is 23.8 Å². The van der Waals surface area contributed by atoms with Gasteiger partial charge in [0.15, 0.2) is 0 Å². The maximum Gasteiger partial charge on any atom is 0.255 e. The van der Waals surface area contributed by atoms with E-state index in [0.717, 1.165) is 32.2 Å². The minimum atomic E-state index is -0.301. The highest BCUT2D eigenvalue weighted by molar-refractivity contribution is 6.06. The molecule has 3 rings (SSSR count). The van der Waals surface area contributed by atoms with Gasteiger partial charge in [0.2, 0.25) is 5.91 Å². The van der Waals surface area contributed by atoms with Gasteiger partial charge >= 0.3 is 0 Å². The van der Waals surface area contributed by atoms with Gasteiger partial charge in [0, 0.05) is 42.0 Å². The molecule has 1 aliphatic rings. The Morgan fingerprint density at radius 3 is 2.38 bits per heavy atom. The second-order valence-corrected chi connectivity index (χ2v) is 7.35. The van der Waals surface area contributed by atoms with E-state index in [9.17, 15) is 14.4 Å². The van der Waals surface area contributed by atoms with Crippen molar-refractivity contribution >= 4 is 29.1 Å². The van der Waals surface area contributed by atoms with Crippen LogP contribution in [0, 0.1) is 0 Å². The van der Waals surface area contributed by atoms with E-state index in [4.69, 9.17) is 0 Å². The molecule has 1 saturated heterocycles. The van der Waals surface area contributed by atoms with Crippen LogP contribution in [0.3, 0.4) is 0 Å². The van der Waals surface area contributed by atoms with Crippen LogP contribution in [0.4, 0.5) is 11.4 Å². The van der Waals surface area contributed by atoms with Crippen LogP contribution in [0.1, 0.15) is 60.2 Å². The Bertz CT molecular complexity index is 910. The molecule has 1 heterocycles. The summed E-state index contributed by atoms with van der Waals surface area (Å²) < 4.78 is 0. The fraction of sp³-hybridized carbons (Fsp3) is 0.348. The van der Waals surface area contributed by atoms with Crippen molar-refractivity contribution in [3.63, 3.8) is 0 Å². The molecule has 2 aromatic rings. The lowest BCUT2D eigenvalue weighted by Gasteiger charge is -2.35. The molecule has 2 N–H and O–H groups in total. The largest absolute Gasteiger partial charge is 0.336 e. The average molecular weight is 393 g/mol. The van der Waals surface area contributed by atoms with Gasteiger partial charge in [-0.3, -0.25) is 14.4 Å². The van der Waals surface area contributed by atoms with E-state index < -0.39 is 0 Å². The van der Waals surface area contributed by atoms with Gasteiger partial charge in [-0.05, 0) is 62.1 Å². The monoisotopic (exact) mass is 393 g/mol. The molecule has 0 aromatic heterocycles. The highest BCUT2D eigenvalue weighted by atomic mass is 16.2. The van der Waals surface area contributed by atoms with E-state index in [0.29, 0.717) is 22.5 Å². The molecule has 3 amide bonds. The summed E-state index contributed by atoms with van der Waals surface area (Å²) in [6.07, 6.45) is 4.15. The van der Waals surface area contributed by atoms with Crippen LogP contribution in [0.25, 0.3) is 0 Å². The van der Waals surface area contributed by atoms with Gasteiger partial charge in [-0.2, -0.15) is 0 Å². The van der Waals surface area contributed by atoms with Crippen molar-refractivity contribution in [2.75, 3.05) is 17.2 Å². The predicted octanol–water partition coefficient (Wildman–Crippen LogP) is 4.30. The van der Waals surface area contributed by atoms with Gasteiger partial charge in [0.05, 0.1) is 0 Å². The minimum Gasteiger partial charge on any atom is -0.336 e. The molecular weight excluding hydrogens is 366 g/mol. The van der Waals surface area contributed by atoms with Crippen molar-refractivity contribution < 1.29 is 14.4 Å². The third kappa shape index (κ3) is 5.22. The van der Waals surface area contributed by atoms with Crippen LogP contribution >= 0.6 is 0 Å². The molecule has 1 fully saturated rings. The normalized spacial score (nSPS) is 16.2. The van der Waals surface area contributed by atoms with Gasteiger partial charge in [-0.1, -0.05) is 19.1 Å². The molecule has 0 spiro atoms. The van der Waals surface area contributed by atoms with Crippen LogP contribution < -0.4 is 10.6 Å². The number of anilines is 2. The van der Waals surface area contributed by atoms with Gasteiger partial charge in [0.1, 0.15) is 0 Å². The maximum atomic E-state index is 13.0. The maximum absolute atomic E-state index is 13.0. The molecule has 152 valence electrons. The smallest absolute Gasteiger partial charge is 0.255 e. The van der Waals surface area contributed by atoms with Gasteiger partial charge in [0.25, 0.3) is 11.8 Å². The molecule has 0 aliphatic carbocycles. The van der Waals surface area contributed by atoms with E-state index in [1.807, 2.05) is 4.90 Å². The second-order valence-electron chi connectivity index (χ2n) is 7.35. The molecular formula is C23H27N3O3. The predicted molar refractivity (Wildman–Crippen MR) is 114 cm³/mol. The van der Waals surface area contributed by atoms with E-state index in [1.165, 1.54) is 6.92 Å². The summed E-state index contributed by atoms with van der Waals surface area (Å²) in [5.74, 6) is -0.494. The van der Waals surface area contributed by atoms with Crippen LogP contribution in [-0.2, 0) is 4.79 Å². The Hall–Kier alpha value is -3.15. The van der Waals surface area contributed by atoms with E-state index in [1.54, 1.807) is 48.5 Å². The summed E-state index contributed by atoms with van der Waals surface area (Å²) in [6.45, 7) is 4.30. The number of nitrogens with zero attached hydrogens (tertiary/aromatic N) is 1. The first-order valence-corrected chi connectivity index (χ1v) is 10.1. The van der Waals surface area contributed by atoms with Crippen LogP contribution in [0.2, 0.25) is 0 Å². The number of carbonyl (C=O) groups is 3. The number of rotatable bonds is 5. The molecule has 0 saturated carbocycles. The van der Waals surface area contributed by atoms with Crippen molar-refractivity contribution in [1.82, 2.24) is 4.90 Å². The highest BCUT2D eigenvalue weighted by Crippen LogP contribution is 2.22. The number of amides is 3. The number of hydrogen-bond donors (Lipinski definition) is 2. The molecule has 6 heteroatoms. The number of piperidine rings is 1. The van der Waals surface area contributed by atoms with Crippen LogP contribution in [0.15, 0.2) is 48.5 Å². The number of carbonyl (C=O) groups excluding carboxylic acids is 3. The molecule has 0 radical (unpaired) electrons. The Morgan fingerprint density at radius 2 is 1.66 bits per heavy atom. The zero-order valence-corrected chi connectivity index (χ0v) is 16.9. The first kappa shape index (κ1) is 20.6. The molecule has 0 bridgehead atoms. The summed E-state index contributed by atoms with van der Waals surface area (Å²) in [5.41, 5.74) is 2.13. The van der Waals surface area contributed by atoms with Gasteiger partial charge in [-0.15, -0.1) is 0 Å². The molecule has 1 unspecified atom stereocenters. The van der Waals surface area contributed by atoms with Crippen molar-refractivity contribution in [2.45, 2.75) is 45.6 Å². The molecule has 2 aromatic carbocycles. The minimum absolute atomic E-state index is 0.0149. The Balaban J connectivity index is 1.74.